The van der Waals surface area contributed by atoms with Crippen LogP contribution in [0.2, 0.25) is 0 Å². The largest absolute Gasteiger partial charge is 0.353 e. The molecule has 2 aromatic carbocycles. The first-order valence-electron chi connectivity index (χ1n) is 9.29. The second kappa shape index (κ2) is 9.29. The molecule has 0 radical (unpaired) electrons. The van der Waals surface area contributed by atoms with Crippen LogP contribution in [0.4, 0.5) is 0 Å². The number of benzene rings is 2. The number of aryl methyl sites for hydroxylation is 1. The highest BCUT2D eigenvalue weighted by Gasteiger charge is 2.29. The Morgan fingerprint density at radius 3 is 2.46 bits per heavy atom. The molecular formula is C20H26N4O3S. The number of hydrogen-bond acceptors (Lipinski definition) is 5. The standard InChI is InChI=1S/C20H26N4O3S/c1-15-7-9-17(10-8-15)18-13-19(24-23-18)20(25)21-11-12-22-28(26,27)14-16-5-3-2-4-6-16/h2-10,18-19,22-24H,11-14H2,1H3,(H,21,25). The van der Waals surface area contributed by atoms with Crippen molar-refractivity contribution in [1.82, 2.24) is 20.9 Å². The molecule has 1 aliphatic heterocycles. The van der Waals surface area contributed by atoms with E-state index in [0.717, 1.165) is 11.1 Å². The quantitative estimate of drug-likeness (QED) is 0.496. The summed E-state index contributed by atoms with van der Waals surface area (Å²) in [5.41, 5.74) is 9.20. The van der Waals surface area contributed by atoms with E-state index in [2.05, 4.69) is 33.0 Å². The van der Waals surface area contributed by atoms with Crippen molar-refractivity contribution in [1.29, 1.82) is 0 Å². The molecule has 28 heavy (non-hydrogen) atoms. The molecule has 1 amide bonds. The zero-order chi connectivity index (χ0) is 20.0. The van der Waals surface area contributed by atoms with Crippen LogP contribution >= 0.6 is 0 Å². The average Bonchev–Trinajstić information content (AvgIpc) is 3.16. The van der Waals surface area contributed by atoms with Gasteiger partial charge in [-0.25, -0.2) is 24.0 Å². The van der Waals surface area contributed by atoms with Crippen molar-refractivity contribution in [3.05, 3.63) is 71.3 Å². The normalized spacial score (nSPS) is 19.5. The van der Waals surface area contributed by atoms with Gasteiger partial charge in [0.1, 0.15) is 6.04 Å². The lowest BCUT2D eigenvalue weighted by Crippen LogP contribution is -2.45. The topological polar surface area (TPSA) is 99.3 Å². The zero-order valence-electron chi connectivity index (χ0n) is 15.8. The summed E-state index contributed by atoms with van der Waals surface area (Å²) in [4.78, 5) is 12.3. The highest BCUT2D eigenvalue weighted by Crippen LogP contribution is 2.22. The second-order valence-corrected chi connectivity index (χ2v) is 8.78. The SMILES string of the molecule is Cc1ccc(C2CC(C(=O)NCCNS(=O)(=O)Cc3ccccc3)NN2)cc1. The molecular weight excluding hydrogens is 376 g/mol. The van der Waals surface area contributed by atoms with Crippen molar-refractivity contribution >= 4 is 15.9 Å². The molecule has 2 unspecified atom stereocenters. The Morgan fingerprint density at radius 2 is 1.75 bits per heavy atom. The molecule has 7 nitrogen and oxygen atoms in total. The molecule has 0 aliphatic carbocycles. The summed E-state index contributed by atoms with van der Waals surface area (Å²) >= 11 is 0. The first-order chi connectivity index (χ1) is 13.4. The van der Waals surface area contributed by atoms with Crippen LogP contribution in [-0.4, -0.2) is 33.5 Å². The Balaban J connectivity index is 1.39. The molecule has 1 aliphatic rings. The molecule has 3 rings (SSSR count). The third kappa shape index (κ3) is 5.87. The fourth-order valence-electron chi connectivity index (χ4n) is 3.11. The van der Waals surface area contributed by atoms with Gasteiger partial charge in [-0.2, -0.15) is 0 Å². The number of carbonyl (C=O) groups is 1. The van der Waals surface area contributed by atoms with Gasteiger partial charge in [-0.1, -0.05) is 60.2 Å². The molecule has 1 saturated heterocycles. The predicted octanol–water partition coefficient (Wildman–Crippen LogP) is 1.14. The molecule has 4 N–H and O–H groups in total. The highest BCUT2D eigenvalue weighted by molar-refractivity contribution is 7.88. The molecule has 0 spiro atoms. The Hall–Kier alpha value is -2.26. The summed E-state index contributed by atoms with van der Waals surface area (Å²) in [6.07, 6.45) is 0.634. The van der Waals surface area contributed by atoms with Gasteiger partial charge in [0.2, 0.25) is 15.9 Å². The van der Waals surface area contributed by atoms with Crippen LogP contribution in [0.25, 0.3) is 0 Å². The molecule has 1 fully saturated rings. The predicted molar refractivity (Wildman–Crippen MR) is 109 cm³/mol. The van der Waals surface area contributed by atoms with E-state index >= 15 is 0 Å². The lowest BCUT2D eigenvalue weighted by atomic mass is 10.0. The van der Waals surface area contributed by atoms with Crippen molar-refractivity contribution in [2.75, 3.05) is 13.1 Å². The molecule has 1 heterocycles. The van der Waals surface area contributed by atoms with Gasteiger partial charge in [0.15, 0.2) is 0 Å². The number of nitrogens with one attached hydrogen (secondary N) is 4. The molecule has 2 atom stereocenters. The lowest BCUT2D eigenvalue weighted by Gasteiger charge is -2.12. The highest BCUT2D eigenvalue weighted by atomic mass is 32.2. The summed E-state index contributed by atoms with van der Waals surface area (Å²) in [6, 6.07) is 16.9. The zero-order valence-corrected chi connectivity index (χ0v) is 16.6. The monoisotopic (exact) mass is 402 g/mol. The van der Waals surface area contributed by atoms with Crippen molar-refractivity contribution in [3.63, 3.8) is 0 Å². The third-order valence-electron chi connectivity index (χ3n) is 4.65. The number of hydrazine groups is 1. The minimum absolute atomic E-state index is 0.0701. The average molecular weight is 403 g/mol. The third-order valence-corrected chi connectivity index (χ3v) is 6.00. The number of rotatable bonds is 8. The van der Waals surface area contributed by atoms with Crippen molar-refractivity contribution < 1.29 is 13.2 Å². The number of hydrogen-bond donors (Lipinski definition) is 4. The van der Waals surface area contributed by atoms with E-state index in [9.17, 15) is 13.2 Å². The lowest BCUT2D eigenvalue weighted by molar-refractivity contribution is -0.122. The van der Waals surface area contributed by atoms with Gasteiger partial charge in [-0.15, -0.1) is 0 Å². The maximum atomic E-state index is 12.3. The van der Waals surface area contributed by atoms with E-state index < -0.39 is 10.0 Å². The molecule has 150 valence electrons. The molecule has 0 bridgehead atoms. The fourth-order valence-corrected chi connectivity index (χ4v) is 4.25. The summed E-state index contributed by atoms with van der Waals surface area (Å²) in [5, 5.41) is 2.77. The van der Waals surface area contributed by atoms with Gasteiger partial charge in [-0.3, -0.25) is 4.79 Å². The van der Waals surface area contributed by atoms with Crippen LogP contribution in [0, 0.1) is 6.92 Å². The van der Waals surface area contributed by atoms with E-state index in [1.54, 1.807) is 24.3 Å². The smallest absolute Gasteiger partial charge is 0.238 e. The van der Waals surface area contributed by atoms with Gasteiger partial charge >= 0.3 is 0 Å². The van der Waals surface area contributed by atoms with Crippen LogP contribution in [0.1, 0.15) is 29.2 Å². The van der Waals surface area contributed by atoms with Crippen LogP contribution in [0.3, 0.4) is 0 Å². The van der Waals surface area contributed by atoms with Crippen molar-refractivity contribution in [2.24, 2.45) is 0 Å². The maximum absolute atomic E-state index is 12.3. The minimum atomic E-state index is -3.43. The van der Waals surface area contributed by atoms with Gasteiger partial charge in [0, 0.05) is 19.1 Å². The van der Waals surface area contributed by atoms with Crippen LogP contribution in [0.5, 0.6) is 0 Å². The van der Waals surface area contributed by atoms with E-state index in [1.807, 2.05) is 25.1 Å². The van der Waals surface area contributed by atoms with Gasteiger partial charge in [0.25, 0.3) is 0 Å². The summed E-state index contributed by atoms with van der Waals surface area (Å²) in [7, 11) is -3.43. The van der Waals surface area contributed by atoms with Crippen molar-refractivity contribution in [3.8, 4) is 0 Å². The van der Waals surface area contributed by atoms with Crippen LogP contribution in [-0.2, 0) is 20.6 Å². The molecule has 2 aromatic rings. The number of sulfonamides is 1. The van der Waals surface area contributed by atoms with E-state index in [-0.39, 0.29) is 36.8 Å². The van der Waals surface area contributed by atoms with Crippen LogP contribution in [0.15, 0.2) is 54.6 Å². The minimum Gasteiger partial charge on any atom is -0.353 e. The molecule has 8 heteroatoms. The summed E-state index contributed by atoms with van der Waals surface area (Å²) in [5.74, 6) is -0.224. The molecule has 0 saturated carbocycles. The van der Waals surface area contributed by atoms with E-state index in [4.69, 9.17) is 0 Å². The Kier molecular flexibility index (Phi) is 6.79. The Labute approximate surface area is 165 Å². The number of carbonyl (C=O) groups excluding carboxylic acids is 1. The van der Waals surface area contributed by atoms with Crippen molar-refractivity contribution in [2.45, 2.75) is 31.2 Å². The number of amides is 1. The summed E-state index contributed by atoms with van der Waals surface area (Å²) < 4.78 is 26.7. The van der Waals surface area contributed by atoms with Gasteiger partial charge in [-0.05, 0) is 24.5 Å². The van der Waals surface area contributed by atoms with Gasteiger partial charge < -0.3 is 5.32 Å². The Bertz CT molecular complexity index is 885. The first-order valence-corrected chi connectivity index (χ1v) is 10.9. The Morgan fingerprint density at radius 1 is 1.04 bits per heavy atom. The fraction of sp³-hybridized carbons (Fsp3) is 0.350. The second-order valence-electron chi connectivity index (χ2n) is 6.97. The molecule has 0 aromatic heterocycles. The van der Waals surface area contributed by atoms with E-state index in [1.165, 1.54) is 5.56 Å². The summed E-state index contributed by atoms with van der Waals surface area (Å²) in [6.45, 7) is 2.43. The maximum Gasteiger partial charge on any atom is 0.238 e. The van der Waals surface area contributed by atoms with Crippen LogP contribution < -0.4 is 20.9 Å². The van der Waals surface area contributed by atoms with E-state index in [0.29, 0.717) is 6.42 Å². The van der Waals surface area contributed by atoms with Gasteiger partial charge in [0.05, 0.1) is 5.75 Å². The first kappa shape index (κ1) is 20.5.